The quantitative estimate of drug-likeness (QED) is 0.177. The van der Waals surface area contributed by atoms with E-state index in [1.807, 2.05) is 41.5 Å². The number of carbonyl (C=O) groups is 2. The predicted octanol–water partition coefficient (Wildman–Crippen LogP) is 9.99. The van der Waals surface area contributed by atoms with Crippen LogP contribution in [0.15, 0.2) is 23.3 Å². The standard InChI is InChI=1S/C14H29NO.C11H17NO2.C8H10F3NO2.2C2H6/c1-3-4-5-6-7-14-8-10-15(11-9-14)12-13-16-2;1-9-3-7-12(8-4-9)10(13)14-11(2)5-6-11;1-6-2-4-12(5-3-6)7(13)14-8(9,10)11;2*1-2/h14H,3-13H2,1-2H3;3H,4-8H2,1-2H3;2H,3-5H2,1H3;2*1-2H3. The van der Waals surface area contributed by atoms with E-state index in [2.05, 4.69) is 29.6 Å². The first kappa shape index (κ1) is 45.7. The molecule has 48 heavy (non-hydrogen) atoms. The maximum Gasteiger partial charge on any atom is 0.576 e. The number of hydrogen-bond donors (Lipinski definition) is 0. The molecule has 0 aromatic rings. The monoisotopic (exact) mass is 692 g/mol. The Morgan fingerprint density at radius 2 is 1.38 bits per heavy atom. The van der Waals surface area contributed by atoms with E-state index in [0.717, 1.165) is 55.3 Å². The highest BCUT2D eigenvalue weighted by Crippen LogP contribution is 2.39. The van der Waals surface area contributed by atoms with Crippen molar-refractivity contribution < 1.29 is 37.0 Å². The number of ether oxygens (including phenoxy) is 3. The Balaban J connectivity index is 0.000000656. The Kier molecular flexibility index (Phi) is 24.5. The van der Waals surface area contributed by atoms with Crippen LogP contribution >= 0.6 is 0 Å². The van der Waals surface area contributed by atoms with Gasteiger partial charge in [0.15, 0.2) is 0 Å². The highest BCUT2D eigenvalue weighted by atomic mass is 19.4. The van der Waals surface area contributed by atoms with Gasteiger partial charge in [0.2, 0.25) is 0 Å². The van der Waals surface area contributed by atoms with Gasteiger partial charge in [-0.25, -0.2) is 9.59 Å². The first-order valence-corrected chi connectivity index (χ1v) is 18.4. The molecular formula is C37H68F3N3O5. The number of alkyl halides is 3. The summed E-state index contributed by atoms with van der Waals surface area (Å²) in [5.74, 6) is 1.01. The van der Waals surface area contributed by atoms with Crippen molar-refractivity contribution in [3.8, 4) is 0 Å². The molecule has 0 aromatic heterocycles. The van der Waals surface area contributed by atoms with E-state index in [4.69, 9.17) is 9.47 Å². The average molecular weight is 692 g/mol. The summed E-state index contributed by atoms with van der Waals surface area (Å²) in [6.07, 6.45) is 11.0. The first-order valence-electron chi connectivity index (χ1n) is 18.4. The number of nitrogens with zero attached hydrogens (tertiary/aromatic N) is 3. The highest BCUT2D eigenvalue weighted by Gasteiger charge is 2.42. The summed E-state index contributed by atoms with van der Waals surface area (Å²) >= 11 is 0. The van der Waals surface area contributed by atoms with Crippen LogP contribution in [-0.2, 0) is 14.2 Å². The zero-order valence-electron chi connectivity index (χ0n) is 31.7. The number of unbranched alkanes of at least 4 members (excludes halogenated alkanes) is 3. The van der Waals surface area contributed by atoms with E-state index in [1.165, 1.54) is 63.6 Å². The number of piperidine rings is 1. The molecule has 0 bridgehead atoms. The van der Waals surface area contributed by atoms with E-state index >= 15 is 0 Å². The number of rotatable bonds is 9. The van der Waals surface area contributed by atoms with Crippen LogP contribution in [-0.4, -0.2) is 98.4 Å². The van der Waals surface area contributed by atoms with Gasteiger partial charge in [0.05, 0.1) is 6.61 Å². The van der Waals surface area contributed by atoms with Gasteiger partial charge < -0.3 is 28.9 Å². The van der Waals surface area contributed by atoms with Crippen molar-refractivity contribution in [1.82, 2.24) is 14.7 Å². The molecule has 1 aliphatic carbocycles. The lowest BCUT2D eigenvalue weighted by molar-refractivity contribution is -0.294. The van der Waals surface area contributed by atoms with Crippen LogP contribution < -0.4 is 0 Å². The van der Waals surface area contributed by atoms with E-state index in [9.17, 15) is 22.8 Å². The van der Waals surface area contributed by atoms with Gasteiger partial charge in [-0.15, -0.1) is 13.2 Å². The number of amides is 2. The number of hydrogen-bond acceptors (Lipinski definition) is 6. The third kappa shape index (κ3) is 21.6. The fourth-order valence-corrected chi connectivity index (χ4v) is 5.17. The number of carbonyl (C=O) groups excluding carboxylic acids is 2. The molecule has 4 aliphatic rings. The second-order valence-corrected chi connectivity index (χ2v) is 12.8. The fourth-order valence-electron chi connectivity index (χ4n) is 5.17. The fraction of sp³-hybridized carbons (Fsp3) is 0.838. The van der Waals surface area contributed by atoms with Crippen LogP contribution in [0, 0.1) is 5.92 Å². The smallest absolute Gasteiger partial charge is 0.443 e. The Hall–Kier alpha value is -2.27. The molecule has 2 fully saturated rings. The largest absolute Gasteiger partial charge is 0.576 e. The first-order chi connectivity index (χ1) is 22.8. The van der Waals surface area contributed by atoms with E-state index < -0.39 is 12.5 Å². The van der Waals surface area contributed by atoms with Gasteiger partial charge in [0.1, 0.15) is 5.60 Å². The number of likely N-dealkylation sites (tertiary alicyclic amines) is 1. The summed E-state index contributed by atoms with van der Waals surface area (Å²) in [6, 6.07) is 0. The summed E-state index contributed by atoms with van der Waals surface area (Å²) in [5, 5.41) is 0. The zero-order valence-corrected chi connectivity index (χ0v) is 31.7. The zero-order chi connectivity index (χ0) is 36.6. The van der Waals surface area contributed by atoms with Gasteiger partial charge in [-0.1, -0.05) is 90.0 Å². The van der Waals surface area contributed by atoms with Crippen LogP contribution in [0.5, 0.6) is 0 Å². The second kappa shape index (κ2) is 25.7. The minimum atomic E-state index is -4.90. The lowest BCUT2D eigenvalue weighted by Gasteiger charge is -2.31. The molecular weight excluding hydrogens is 623 g/mol. The molecule has 2 amide bonds. The third-order valence-electron chi connectivity index (χ3n) is 8.66. The van der Waals surface area contributed by atoms with Gasteiger partial charge in [-0.3, -0.25) is 0 Å². The Morgan fingerprint density at radius 3 is 1.79 bits per heavy atom. The molecule has 3 aliphatic heterocycles. The van der Waals surface area contributed by atoms with E-state index in [1.54, 1.807) is 18.1 Å². The van der Waals surface area contributed by atoms with E-state index in [-0.39, 0.29) is 24.8 Å². The molecule has 0 N–H and O–H groups in total. The SMILES string of the molecule is CC.CC.CC1=CCN(C(=O)OC(F)(F)F)CC1.CC1=CCN(C(=O)OC2(C)CC2)CC1.CCCCCCC1CCN(CCOC)CC1. The predicted molar refractivity (Wildman–Crippen MR) is 189 cm³/mol. The molecule has 11 heteroatoms. The van der Waals surface area contributed by atoms with Crippen LogP contribution in [0.2, 0.25) is 0 Å². The molecule has 1 saturated carbocycles. The van der Waals surface area contributed by atoms with Crippen molar-refractivity contribution in [3.63, 3.8) is 0 Å². The minimum absolute atomic E-state index is 0.145. The summed E-state index contributed by atoms with van der Waals surface area (Å²) in [4.78, 5) is 27.8. The summed E-state index contributed by atoms with van der Waals surface area (Å²) < 4.78 is 48.7. The molecule has 0 aromatic carbocycles. The molecule has 4 rings (SSSR count). The molecule has 0 radical (unpaired) electrons. The molecule has 8 nitrogen and oxygen atoms in total. The minimum Gasteiger partial charge on any atom is -0.443 e. The topological polar surface area (TPSA) is 71.5 Å². The lowest BCUT2D eigenvalue weighted by Crippen LogP contribution is -2.37. The number of methoxy groups -OCH3 is 1. The molecule has 0 spiro atoms. The van der Waals surface area contributed by atoms with E-state index in [0.29, 0.717) is 13.0 Å². The Labute approximate surface area is 290 Å². The van der Waals surface area contributed by atoms with Gasteiger partial charge in [-0.2, -0.15) is 0 Å². The molecule has 0 atom stereocenters. The molecule has 3 heterocycles. The Morgan fingerprint density at radius 1 is 0.854 bits per heavy atom. The van der Waals surface area contributed by atoms with Gasteiger partial charge in [0, 0.05) is 39.8 Å². The van der Waals surface area contributed by atoms with Crippen molar-refractivity contribution in [3.05, 3.63) is 23.3 Å². The average Bonchev–Trinajstić information content (AvgIpc) is 3.81. The van der Waals surface area contributed by atoms with Crippen LogP contribution in [0.4, 0.5) is 22.8 Å². The third-order valence-corrected chi connectivity index (χ3v) is 8.66. The van der Waals surface area contributed by atoms with Crippen LogP contribution in [0.1, 0.15) is 126 Å². The molecule has 0 unspecified atom stereocenters. The summed E-state index contributed by atoms with van der Waals surface area (Å²) in [7, 11) is 1.79. The van der Waals surface area contributed by atoms with Crippen molar-refractivity contribution in [1.29, 1.82) is 0 Å². The van der Waals surface area contributed by atoms with Crippen molar-refractivity contribution in [2.75, 3.05) is 59.5 Å². The Bertz CT molecular complexity index is 884. The maximum atomic E-state index is 11.7. The highest BCUT2D eigenvalue weighted by molar-refractivity contribution is 5.69. The van der Waals surface area contributed by atoms with Crippen molar-refractivity contribution in [2.45, 2.75) is 138 Å². The lowest BCUT2D eigenvalue weighted by atomic mass is 9.91. The molecule has 282 valence electrons. The number of halogens is 3. The van der Waals surface area contributed by atoms with Gasteiger partial charge in [0.25, 0.3) is 0 Å². The van der Waals surface area contributed by atoms with Gasteiger partial charge in [-0.05, 0) is 78.3 Å². The normalized spacial score (nSPS) is 18.8. The van der Waals surface area contributed by atoms with Crippen LogP contribution in [0.25, 0.3) is 0 Å². The molecule has 1 saturated heterocycles. The van der Waals surface area contributed by atoms with Crippen molar-refractivity contribution in [2.24, 2.45) is 5.92 Å². The second-order valence-electron chi connectivity index (χ2n) is 12.8. The summed E-state index contributed by atoms with van der Waals surface area (Å²) in [6.45, 7) is 22.8. The summed E-state index contributed by atoms with van der Waals surface area (Å²) in [5.41, 5.74) is 2.29. The van der Waals surface area contributed by atoms with Crippen LogP contribution in [0.3, 0.4) is 0 Å². The van der Waals surface area contributed by atoms with Gasteiger partial charge >= 0.3 is 18.5 Å². The van der Waals surface area contributed by atoms with Crippen molar-refractivity contribution >= 4 is 12.2 Å². The maximum absolute atomic E-state index is 11.7.